The fourth-order valence-electron chi connectivity index (χ4n) is 2.87. The Balaban J connectivity index is 1.61. The van der Waals surface area contributed by atoms with E-state index < -0.39 is 0 Å². The first-order valence-corrected chi connectivity index (χ1v) is 9.65. The van der Waals surface area contributed by atoms with Gasteiger partial charge in [0.15, 0.2) is 15.8 Å². The molecule has 2 aliphatic rings. The molecule has 4 rings (SSSR count). The van der Waals surface area contributed by atoms with E-state index in [0.29, 0.717) is 28.2 Å². The highest BCUT2D eigenvalue weighted by molar-refractivity contribution is 8.27. The van der Waals surface area contributed by atoms with E-state index in [4.69, 9.17) is 21.7 Å². The first-order chi connectivity index (χ1) is 12.7. The second-order valence-electron chi connectivity index (χ2n) is 5.94. The van der Waals surface area contributed by atoms with Crippen LogP contribution in [0.1, 0.15) is 18.1 Å². The Morgan fingerprint density at radius 3 is 2.58 bits per heavy atom. The van der Waals surface area contributed by atoms with Crippen molar-refractivity contribution in [1.29, 1.82) is 0 Å². The van der Waals surface area contributed by atoms with Crippen molar-refractivity contribution in [2.75, 3.05) is 18.1 Å². The van der Waals surface area contributed by atoms with Crippen molar-refractivity contribution in [3.8, 4) is 11.5 Å². The molecule has 4 nitrogen and oxygen atoms in total. The number of hydrogen-bond acceptors (Lipinski definition) is 5. The third-order valence-electron chi connectivity index (χ3n) is 4.26. The van der Waals surface area contributed by atoms with Crippen LogP contribution in [0.3, 0.4) is 0 Å². The largest absolute Gasteiger partial charge is 0.486 e. The lowest BCUT2D eigenvalue weighted by Crippen LogP contribution is -2.27. The van der Waals surface area contributed by atoms with Crippen LogP contribution in [-0.2, 0) is 11.2 Å². The first-order valence-electron chi connectivity index (χ1n) is 8.42. The molecule has 26 heavy (non-hydrogen) atoms. The van der Waals surface area contributed by atoms with Gasteiger partial charge in [0.1, 0.15) is 13.2 Å². The lowest BCUT2D eigenvalue weighted by atomic mass is 10.1. The van der Waals surface area contributed by atoms with E-state index >= 15 is 0 Å². The number of thioether (sulfide) groups is 1. The molecule has 0 spiro atoms. The molecule has 0 bridgehead atoms. The molecule has 0 saturated carbocycles. The molecule has 2 aromatic carbocycles. The van der Waals surface area contributed by atoms with Gasteiger partial charge in [-0.3, -0.25) is 9.69 Å². The van der Waals surface area contributed by atoms with E-state index in [1.807, 2.05) is 48.5 Å². The number of carbonyl (C=O) groups is 1. The van der Waals surface area contributed by atoms with Gasteiger partial charge in [-0.05, 0) is 47.9 Å². The summed E-state index contributed by atoms with van der Waals surface area (Å²) < 4.78 is 11.7. The molecule has 2 heterocycles. The molecule has 1 fully saturated rings. The fourth-order valence-corrected chi connectivity index (χ4v) is 4.17. The Labute approximate surface area is 161 Å². The minimum Gasteiger partial charge on any atom is -0.486 e. The highest BCUT2D eigenvalue weighted by Gasteiger charge is 2.33. The first kappa shape index (κ1) is 17.1. The maximum absolute atomic E-state index is 12.9. The Bertz CT molecular complexity index is 906. The van der Waals surface area contributed by atoms with Crippen LogP contribution in [0.2, 0.25) is 0 Å². The van der Waals surface area contributed by atoms with Crippen LogP contribution in [0.15, 0.2) is 47.4 Å². The molecule has 0 atom stereocenters. The van der Waals surface area contributed by atoms with Crippen molar-refractivity contribution >= 4 is 46.0 Å². The van der Waals surface area contributed by atoms with Crippen molar-refractivity contribution in [3.63, 3.8) is 0 Å². The molecule has 0 aliphatic carbocycles. The standard InChI is InChI=1S/C20H17NO3S2/c1-2-13-3-6-15(7-4-13)21-19(22)18(26-20(21)25)12-14-5-8-16-17(11-14)24-10-9-23-16/h3-8,11-12H,2,9-10H2,1H3. The van der Waals surface area contributed by atoms with Crippen LogP contribution in [0.4, 0.5) is 5.69 Å². The topological polar surface area (TPSA) is 38.8 Å². The highest BCUT2D eigenvalue weighted by atomic mass is 32.2. The molecule has 0 unspecified atom stereocenters. The van der Waals surface area contributed by atoms with Crippen LogP contribution in [-0.4, -0.2) is 23.4 Å². The van der Waals surface area contributed by atoms with Gasteiger partial charge in [0, 0.05) is 0 Å². The van der Waals surface area contributed by atoms with Gasteiger partial charge in [0.25, 0.3) is 5.91 Å². The number of anilines is 1. The number of nitrogens with zero attached hydrogens (tertiary/aromatic N) is 1. The minimum absolute atomic E-state index is 0.0980. The second kappa shape index (κ2) is 7.13. The molecule has 0 radical (unpaired) electrons. The van der Waals surface area contributed by atoms with Gasteiger partial charge in [-0.2, -0.15) is 0 Å². The van der Waals surface area contributed by atoms with Crippen molar-refractivity contribution in [2.45, 2.75) is 13.3 Å². The van der Waals surface area contributed by atoms with Crippen molar-refractivity contribution < 1.29 is 14.3 Å². The zero-order valence-corrected chi connectivity index (χ0v) is 15.9. The maximum Gasteiger partial charge on any atom is 0.270 e. The van der Waals surface area contributed by atoms with Gasteiger partial charge in [-0.1, -0.05) is 49.1 Å². The summed E-state index contributed by atoms with van der Waals surface area (Å²) in [6.07, 6.45) is 2.81. The van der Waals surface area contributed by atoms with Gasteiger partial charge >= 0.3 is 0 Å². The van der Waals surface area contributed by atoms with Gasteiger partial charge < -0.3 is 9.47 Å². The average molecular weight is 383 g/mol. The number of hydrogen-bond donors (Lipinski definition) is 0. The summed E-state index contributed by atoms with van der Waals surface area (Å²) in [5.41, 5.74) is 2.91. The summed E-state index contributed by atoms with van der Waals surface area (Å²) >= 11 is 6.75. The summed E-state index contributed by atoms with van der Waals surface area (Å²) in [6, 6.07) is 13.6. The van der Waals surface area contributed by atoms with Gasteiger partial charge in [-0.25, -0.2) is 0 Å². The molecule has 0 aromatic heterocycles. The van der Waals surface area contributed by atoms with E-state index in [2.05, 4.69) is 6.92 Å². The number of amides is 1. The predicted molar refractivity (Wildman–Crippen MR) is 109 cm³/mol. The number of benzene rings is 2. The Hall–Kier alpha value is -2.31. The zero-order chi connectivity index (χ0) is 18.1. The maximum atomic E-state index is 12.9. The Morgan fingerprint density at radius 1 is 1.12 bits per heavy atom. The molecule has 2 aromatic rings. The normalized spacial score (nSPS) is 17.9. The van der Waals surface area contributed by atoms with E-state index in [9.17, 15) is 4.79 Å². The molecule has 1 amide bonds. The summed E-state index contributed by atoms with van der Waals surface area (Å²) in [4.78, 5) is 15.0. The van der Waals surface area contributed by atoms with Crippen LogP contribution in [0.5, 0.6) is 11.5 Å². The summed E-state index contributed by atoms with van der Waals surface area (Å²) in [5, 5.41) is 0. The lowest BCUT2D eigenvalue weighted by Gasteiger charge is -2.18. The molecule has 132 valence electrons. The lowest BCUT2D eigenvalue weighted by molar-refractivity contribution is -0.113. The number of fused-ring (bicyclic) bond motifs is 1. The van der Waals surface area contributed by atoms with Crippen LogP contribution in [0, 0.1) is 0 Å². The third-order valence-corrected chi connectivity index (χ3v) is 5.56. The van der Waals surface area contributed by atoms with Crippen LogP contribution < -0.4 is 14.4 Å². The van der Waals surface area contributed by atoms with Crippen LogP contribution >= 0.6 is 24.0 Å². The molecule has 6 heteroatoms. The number of aryl methyl sites for hydroxylation is 1. The molecule has 2 aliphatic heterocycles. The summed E-state index contributed by atoms with van der Waals surface area (Å²) in [5.74, 6) is 1.34. The van der Waals surface area contributed by atoms with Crippen molar-refractivity contribution in [2.24, 2.45) is 0 Å². The molecular formula is C20H17NO3S2. The van der Waals surface area contributed by atoms with E-state index in [1.165, 1.54) is 17.3 Å². The van der Waals surface area contributed by atoms with Gasteiger partial charge in [-0.15, -0.1) is 0 Å². The second-order valence-corrected chi connectivity index (χ2v) is 7.62. The average Bonchev–Trinajstić information content (AvgIpc) is 2.95. The Kier molecular flexibility index (Phi) is 4.70. The third kappa shape index (κ3) is 3.22. The highest BCUT2D eigenvalue weighted by Crippen LogP contribution is 2.37. The number of carbonyl (C=O) groups excluding carboxylic acids is 1. The van der Waals surface area contributed by atoms with Gasteiger partial charge in [0.2, 0.25) is 0 Å². The SMILES string of the molecule is CCc1ccc(N2C(=O)C(=Cc3ccc4c(c3)OCCO4)SC2=S)cc1. The van der Waals surface area contributed by atoms with Gasteiger partial charge in [0.05, 0.1) is 10.6 Å². The summed E-state index contributed by atoms with van der Waals surface area (Å²) in [7, 11) is 0. The molecule has 0 N–H and O–H groups in total. The fraction of sp³-hybridized carbons (Fsp3) is 0.200. The molecule has 1 saturated heterocycles. The van der Waals surface area contributed by atoms with Crippen molar-refractivity contribution in [3.05, 3.63) is 58.5 Å². The smallest absolute Gasteiger partial charge is 0.270 e. The zero-order valence-electron chi connectivity index (χ0n) is 14.2. The predicted octanol–water partition coefficient (Wildman–Crippen LogP) is 4.43. The number of rotatable bonds is 3. The molecular weight excluding hydrogens is 366 g/mol. The number of ether oxygens (including phenoxy) is 2. The quantitative estimate of drug-likeness (QED) is 0.579. The van der Waals surface area contributed by atoms with Crippen LogP contribution in [0.25, 0.3) is 6.08 Å². The Morgan fingerprint density at radius 2 is 1.85 bits per heavy atom. The monoisotopic (exact) mass is 383 g/mol. The van der Waals surface area contributed by atoms with E-state index in [1.54, 1.807) is 4.90 Å². The number of thiocarbonyl (C=S) groups is 1. The minimum atomic E-state index is -0.0980. The van der Waals surface area contributed by atoms with E-state index in [-0.39, 0.29) is 5.91 Å². The van der Waals surface area contributed by atoms with Crippen molar-refractivity contribution in [1.82, 2.24) is 0 Å². The van der Waals surface area contributed by atoms with E-state index in [0.717, 1.165) is 23.4 Å². The summed E-state index contributed by atoms with van der Waals surface area (Å²) in [6.45, 7) is 3.19.